The van der Waals surface area contributed by atoms with Gasteiger partial charge in [0.05, 0.1) is 18.2 Å². The van der Waals surface area contributed by atoms with Crippen LogP contribution in [-0.4, -0.2) is 12.9 Å². The number of hydrogen-bond donors (Lipinski definition) is 0. The fraction of sp³-hybridized carbons (Fsp3) is 0.133. The van der Waals surface area contributed by atoms with Crippen molar-refractivity contribution in [3.05, 3.63) is 64.5 Å². The zero-order chi connectivity index (χ0) is 17.4. The number of carbonyl (C=O) groups is 1. The highest BCUT2D eigenvalue weighted by Gasteiger charge is 2.37. The average molecular weight is 334 g/mol. The standard InChI is InChI=1S/C15H8F6O2/c1-23-12-6-9(15(19,20)21)8(5-11(12)17)14(22)7-3-2-4-10(16)13(7)18/h2-6H,1H3. The summed E-state index contributed by atoms with van der Waals surface area (Å²) in [6.45, 7) is 0. The lowest BCUT2D eigenvalue weighted by Gasteiger charge is -2.14. The fourth-order valence-electron chi connectivity index (χ4n) is 1.96. The molecule has 0 amide bonds. The molecule has 0 fully saturated rings. The topological polar surface area (TPSA) is 26.3 Å². The number of benzene rings is 2. The maximum absolute atomic E-state index is 13.7. The lowest BCUT2D eigenvalue weighted by molar-refractivity contribution is -0.138. The van der Waals surface area contributed by atoms with Crippen LogP contribution in [0.2, 0.25) is 0 Å². The minimum Gasteiger partial charge on any atom is -0.494 e. The molecule has 2 aromatic rings. The van der Waals surface area contributed by atoms with Crippen molar-refractivity contribution in [3.8, 4) is 5.75 Å². The molecular weight excluding hydrogens is 326 g/mol. The van der Waals surface area contributed by atoms with E-state index in [1.54, 1.807) is 0 Å². The molecule has 0 bridgehead atoms. The molecule has 2 rings (SSSR count). The number of methoxy groups -OCH3 is 1. The van der Waals surface area contributed by atoms with Crippen LogP contribution in [0.1, 0.15) is 21.5 Å². The van der Waals surface area contributed by atoms with Crippen LogP contribution in [-0.2, 0) is 6.18 Å². The first-order valence-corrected chi connectivity index (χ1v) is 6.10. The Morgan fingerprint density at radius 3 is 2.22 bits per heavy atom. The fourth-order valence-corrected chi connectivity index (χ4v) is 1.96. The van der Waals surface area contributed by atoms with Crippen LogP contribution >= 0.6 is 0 Å². The second kappa shape index (κ2) is 5.94. The van der Waals surface area contributed by atoms with Gasteiger partial charge in [0, 0.05) is 5.56 Å². The zero-order valence-electron chi connectivity index (χ0n) is 11.5. The van der Waals surface area contributed by atoms with Gasteiger partial charge in [-0.25, -0.2) is 13.2 Å². The molecule has 2 aromatic carbocycles. The zero-order valence-corrected chi connectivity index (χ0v) is 11.5. The van der Waals surface area contributed by atoms with Gasteiger partial charge in [-0.15, -0.1) is 0 Å². The highest BCUT2D eigenvalue weighted by atomic mass is 19.4. The summed E-state index contributed by atoms with van der Waals surface area (Å²) in [5.41, 5.74) is -3.58. The van der Waals surface area contributed by atoms with Crippen molar-refractivity contribution < 1.29 is 35.9 Å². The largest absolute Gasteiger partial charge is 0.494 e. The third-order valence-electron chi connectivity index (χ3n) is 3.04. The molecule has 0 heterocycles. The molecule has 0 saturated carbocycles. The molecule has 0 radical (unpaired) electrons. The van der Waals surface area contributed by atoms with E-state index in [0.29, 0.717) is 12.1 Å². The molecule has 122 valence electrons. The van der Waals surface area contributed by atoms with Crippen LogP contribution in [0.15, 0.2) is 30.3 Å². The Balaban J connectivity index is 2.69. The molecule has 0 aliphatic carbocycles. The molecule has 23 heavy (non-hydrogen) atoms. The molecule has 0 N–H and O–H groups in total. The number of rotatable bonds is 3. The second-order valence-corrected chi connectivity index (χ2v) is 4.46. The van der Waals surface area contributed by atoms with Gasteiger partial charge in [-0.05, 0) is 24.3 Å². The van der Waals surface area contributed by atoms with Gasteiger partial charge in [0.25, 0.3) is 0 Å². The monoisotopic (exact) mass is 334 g/mol. The first-order chi connectivity index (χ1) is 10.7. The number of carbonyl (C=O) groups excluding carboxylic acids is 1. The van der Waals surface area contributed by atoms with Crippen molar-refractivity contribution in [2.75, 3.05) is 7.11 Å². The molecular formula is C15H8F6O2. The van der Waals surface area contributed by atoms with Crippen molar-refractivity contribution in [2.45, 2.75) is 6.18 Å². The number of hydrogen-bond acceptors (Lipinski definition) is 2. The number of alkyl halides is 3. The highest BCUT2D eigenvalue weighted by molar-refractivity contribution is 6.10. The maximum Gasteiger partial charge on any atom is 0.417 e. The van der Waals surface area contributed by atoms with E-state index in [1.165, 1.54) is 0 Å². The van der Waals surface area contributed by atoms with Crippen molar-refractivity contribution in [1.82, 2.24) is 0 Å². The summed E-state index contributed by atoms with van der Waals surface area (Å²) in [6.07, 6.45) is -5.02. The molecule has 0 atom stereocenters. The van der Waals surface area contributed by atoms with E-state index in [-0.39, 0.29) is 6.07 Å². The second-order valence-electron chi connectivity index (χ2n) is 4.46. The van der Waals surface area contributed by atoms with Crippen LogP contribution in [0.5, 0.6) is 5.75 Å². The average Bonchev–Trinajstić information content (AvgIpc) is 2.48. The van der Waals surface area contributed by atoms with Crippen molar-refractivity contribution in [2.24, 2.45) is 0 Å². The summed E-state index contributed by atoms with van der Waals surface area (Å²) in [5.74, 6) is -6.47. The van der Waals surface area contributed by atoms with Crippen molar-refractivity contribution in [3.63, 3.8) is 0 Å². The quantitative estimate of drug-likeness (QED) is 0.616. The SMILES string of the molecule is COc1cc(C(F)(F)F)c(C(=O)c2cccc(F)c2F)cc1F. The molecule has 8 heteroatoms. The smallest absolute Gasteiger partial charge is 0.417 e. The lowest BCUT2D eigenvalue weighted by atomic mass is 9.97. The first-order valence-electron chi connectivity index (χ1n) is 6.10. The molecule has 0 spiro atoms. The molecule has 2 nitrogen and oxygen atoms in total. The summed E-state index contributed by atoms with van der Waals surface area (Å²) < 4.78 is 84.0. The summed E-state index contributed by atoms with van der Waals surface area (Å²) >= 11 is 0. The van der Waals surface area contributed by atoms with Gasteiger partial charge in [-0.2, -0.15) is 13.2 Å². The minimum absolute atomic E-state index is 0.286. The predicted molar refractivity (Wildman–Crippen MR) is 67.7 cm³/mol. The van der Waals surface area contributed by atoms with Crippen LogP contribution in [0.4, 0.5) is 26.3 Å². The van der Waals surface area contributed by atoms with Gasteiger partial charge in [-0.1, -0.05) is 6.07 Å². The van der Waals surface area contributed by atoms with Crippen LogP contribution in [0, 0.1) is 17.5 Å². The van der Waals surface area contributed by atoms with Gasteiger partial charge < -0.3 is 4.74 Å². The first kappa shape index (κ1) is 16.9. The third-order valence-corrected chi connectivity index (χ3v) is 3.04. The van der Waals surface area contributed by atoms with Crippen LogP contribution in [0.25, 0.3) is 0 Å². The summed E-state index contributed by atoms with van der Waals surface area (Å²) in [4.78, 5) is 12.1. The van der Waals surface area contributed by atoms with E-state index < -0.39 is 51.9 Å². The van der Waals surface area contributed by atoms with Crippen molar-refractivity contribution in [1.29, 1.82) is 0 Å². The van der Waals surface area contributed by atoms with Crippen LogP contribution in [0.3, 0.4) is 0 Å². The summed E-state index contributed by atoms with van der Waals surface area (Å²) in [7, 11) is 0.951. The number of ether oxygens (including phenoxy) is 1. The van der Waals surface area contributed by atoms with Gasteiger partial charge in [0.2, 0.25) is 0 Å². The predicted octanol–water partition coefficient (Wildman–Crippen LogP) is 4.36. The van der Waals surface area contributed by atoms with E-state index in [0.717, 1.165) is 19.2 Å². The Bertz CT molecular complexity index is 767. The van der Waals surface area contributed by atoms with Gasteiger partial charge in [-0.3, -0.25) is 4.79 Å². The molecule has 0 aromatic heterocycles. The molecule has 0 aliphatic rings. The number of halogens is 6. The normalized spacial score (nSPS) is 11.4. The third kappa shape index (κ3) is 3.15. The Morgan fingerprint density at radius 2 is 1.65 bits per heavy atom. The van der Waals surface area contributed by atoms with Gasteiger partial charge >= 0.3 is 6.18 Å². The molecule has 0 aliphatic heterocycles. The Labute approximate surface area is 126 Å². The Morgan fingerprint density at radius 1 is 1.00 bits per heavy atom. The summed E-state index contributed by atoms with van der Waals surface area (Å²) in [6, 6.07) is 3.04. The van der Waals surface area contributed by atoms with E-state index in [9.17, 15) is 31.1 Å². The van der Waals surface area contributed by atoms with E-state index in [2.05, 4.69) is 4.74 Å². The van der Waals surface area contributed by atoms with E-state index in [4.69, 9.17) is 0 Å². The summed E-state index contributed by atoms with van der Waals surface area (Å²) in [5, 5.41) is 0. The maximum atomic E-state index is 13.7. The number of ketones is 1. The Hall–Kier alpha value is -2.51. The van der Waals surface area contributed by atoms with Crippen LogP contribution < -0.4 is 4.74 Å². The molecule has 0 saturated heterocycles. The highest BCUT2D eigenvalue weighted by Crippen LogP contribution is 2.36. The van der Waals surface area contributed by atoms with E-state index in [1.807, 2.05) is 0 Å². The minimum atomic E-state index is -5.02. The molecule has 0 unspecified atom stereocenters. The van der Waals surface area contributed by atoms with Gasteiger partial charge in [0.15, 0.2) is 29.0 Å². The van der Waals surface area contributed by atoms with Crippen molar-refractivity contribution >= 4 is 5.78 Å². The van der Waals surface area contributed by atoms with E-state index >= 15 is 0 Å². The van der Waals surface area contributed by atoms with Gasteiger partial charge in [0.1, 0.15) is 0 Å². The lowest BCUT2D eigenvalue weighted by Crippen LogP contribution is -2.16. The Kier molecular flexibility index (Phi) is 4.35.